The lowest BCUT2D eigenvalue weighted by molar-refractivity contribution is -0.914. The van der Waals surface area contributed by atoms with E-state index in [0.29, 0.717) is 5.41 Å². The van der Waals surface area contributed by atoms with Crippen LogP contribution in [0.3, 0.4) is 0 Å². The summed E-state index contributed by atoms with van der Waals surface area (Å²) < 4.78 is 5.90. The number of carbonyl (C=O) groups is 1. The van der Waals surface area contributed by atoms with E-state index in [4.69, 9.17) is 4.74 Å². The Morgan fingerprint density at radius 3 is 2.84 bits per heavy atom. The maximum atomic E-state index is 12.7. The van der Waals surface area contributed by atoms with E-state index in [-0.39, 0.29) is 29.3 Å². The Morgan fingerprint density at radius 2 is 2.08 bits per heavy atom. The molecule has 0 aromatic carbocycles. The molecule has 1 N–H and O–H groups in total. The van der Waals surface area contributed by atoms with E-state index in [0.717, 1.165) is 19.4 Å². The standard InChI is InChI=1S/C22H33NO2/c1-15-7-5-9-22(4)12-19-16(11-18(15)22)17(20(24)25-19)13-23-10-6-8-21(2,3)14-23/h7,11,16-17,19H,5-6,8-10,12-14H2,1-4H3/p+1/t16-,17-,19-,22-/m1/s1. The number of ether oxygens (including phenoxy) is 1. The molecule has 4 rings (SSSR count). The van der Waals surface area contributed by atoms with Crippen LogP contribution in [0.15, 0.2) is 23.3 Å². The van der Waals surface area contributed by atoms with E-state index in [2.05, 4.69) is 39.8 Å². The molecule has 2 saturated heterocycles. The average molecular weight is 345 g/mol. The number of quaternary nitrogens is 1. The van der Waals surface area contributed by atoms with Gasteiger partial charge in [-0.3, -0.25) is 4.79 Å². The van der Waals surface area contributed by atoms with Gasteiger partial charge in [0.15, 0.2) is 0 Å². The smallest absolute Gasteiger partial charge is 0.315 e. The highest BCUT2D eigenvalue weighted by atomic mass is 16.6. The molecule has 0 spiro atoms. The largest absolute Gasteiger partial charge is 0.461 e. The van der Waals surface area contributed by atoms with E-state index in [1.165, 1.54) is 43.5 Å². The number of likely N-dealkylation sites (tertiary alicyclic amines) is 1. The Hall–Kier alpha value is -1.09. The average Bonchev–Trinajstić information content (AvgIpc) is 2.79. The molecule has 0 saturated carbocycles. The van der Waals surface area contributed by atoms with Crippen LogP contribution < -0.4 is 4.90 Å². The second-order valence-electron chi connectivity index (χ2n) is 10.1. The van der Waals surface area contributed by atoms with Gasteiger partial charge in [0.05, 0.1) is 19.6 Å². The highest BCUT2D eigenvalue weighted by Gasteiger charge is 2.52. The van der Waals surface area contributed by atoms with Crippen LogP contribution in [0.1, 0.15) is 59.8 Å². The topological polar surface area (TPSA) is 30.7 Å². The Labute approximate surface area is 152 Å². The molecule has 2 aliphatic carbocycles. The van der Waals surface area contributed by atoms with Crippen molar-refractivity contribution in [1.29, 1.82) is 0 Å². The molecule has 4 aliphatic rings. The molecule has 0 radical (unpaired) electrons. The van der Waals surface area contributed by atoms with E-state index >= 15 is 0 Å². The summed E-state index contributed by atoms with van der Waals surface area (Å²) in [4.78, 5) is 14.3. The lowest BCUT2D eigenvalue weighted by atomic mass is 9.62. The predicted octanol–water partition coefficient (Wildman–Crippen LogP) is 2.93. The van der Waals surface area contributed by atoms with Gasteiger partial charge in [0.25, 0.3) is 0 Å². The summed E-state index contributed by atoms with van der Waals surface area (Å²) in [6.07, 6.45) is 10.9. The number of rotatable bonds is 2. The number of nitrogens with one attached hydrogen (secondary N) is 1. The number of fused-ring (bicyclic) bond motifs is 2. The monoisotopic (exact) mass is 344 g/mol. The van der Waals surface area contributed by atoms with Crippen molar-refractivity contribution in [2.45, 2.75) is 65.9 Å². The first-order valence-electron chi connectivity index (χ1n) is 10.2. The quantitative estimate of drug-likeness (QED) is 0.781. The molecular formula is C22H34NO2+. The van der Waals surface area contributed by atoms with Crippen LogP contribution in [0.4, 0.5) is 0 Å². The molecule has 0 aromatic heterocycles. The number of piperidine rings is 1. The van der Waals surface area contributed by atoms with Gasteiger partial charge in [0.1, 0.15) is 12.0 Å². The number of hydrogen-bond acceptors (Lipinski definition) is 2. The molecule has 0 aromatic rings. The zero-order valence-electron chi connectivity index (χ0n) is 16.4. The zero-order valence-corrected chi connectivity index (χ0v) is 16.4. The first kappa shape index (κ1) is 17.3. The third kappa shape index (κ3) is 3.09. The molecule has 2 aliphatic heterocycles. The maximum absolute atomic E-state index is 12.7. The third-order valence-electron chi connectivity index (χ3n) is 7.32. The first-order chi connectivity index (χ1) is 11.8. The van der Waals surface area contributed by atoms with Crippen LogP contribution in [-0.4, -0.2) is 31.7 Å². The lowest BCUT2D eigenvalue weighted by Gasteiger charge is -2.43. The second-order valence-corrected chi connectivity index (χ2v) is 10.1. The third-order valence-corrected chi connectivity index (χ3v) is 7.32. The van der Waals surface area contributed by atoms with Crippen LogP contribution >= 0.6 is 0 Å². The summed E-state index contributed by atoms with van der Waals surface area (Å²) in [5.74, 6) is 0.404. The molecule has 2 fully saturated rings. The summed E-state index contributed by atoms with van der Waals surface area (Å²) in [7, 11) is 0. The van der Waals surface area contributed by atoms with Crippen molar-refractivity contribution in [1.82, 2.24) is 0 Å². The Morgan fingerprint density at radius 1 is 1.28 bits per heavy atom. The van der Waals surface area contributed by atoms with Crippen molar-refractivity contribution in [2.24, 2.45) is 22.7 Å². The van der Waals surface area contributed by atoms with Crippen molar-refractivity contribution >= 4 is 5.97 Å². The van der Waals surface area contributed by atoms with Crippen molar-refractivity contribution < 1.29 is 14.4 Å². The summed E-state index contributed by atoms with van der Waals surface area (Å²) in [6.45, 7) is 12.7. The molecule has 3 heteroatoms. The summed E-state index contributed by atoms with van der Waals surface area (Å²) in [6, 6.07) is 0. The van der Waals surface area contributed by atoms with Crippen molar-refractivity contribution in [2.75, 3.05) is 19.6 Å². The van der Waals surface area contributed by atoms with Gasteiger partial charge in [0, 0.05) is 11.3 Å². The molecule has 0 amide bonds. The zero-order chi connectivity index (χ0) is 17.8. The van der Waals surface area contributed by atoms with E-state index in [1.54, 1.807) is 4.90 Å². The summed E-state index contributed by atoms with van der Waals surface area (Å²) in [5.41, 5.74) is 3.53. The van der Waals surface area contributed by atoms with Crippen LogP contribution in [-0.2, 0) is 9.53 Å². The van der Waals surface area contributed by atoms with Crippen molar-refractivity contribution in [3.63, 3.8) is 0 Å². The second kappa shape index (κ2) is 5.97. The number of hydrogen-bond donors (Lipinski definition) is 1. The van der Waals surface area contributed by atoms with Gasteiger partial charge >= 0.3 is 5.97 Å². The fourth-order valence-electron chi connectivity index (χ4n) is 6.02. The molecule has 25 heavy (non-hydrogen) atoms. The molecule has 2 heterocycles. The van der Waals surface area contributed by atoms with Gasteiger partial charge < -0.3 is 9.64 Å². The van der Waals surface area contributed by atoms with Crippen LogP contribution in [0.5, 0.6) is 0 Å². The van der Waals surface area contributed by atoms with Gasteiger partial charge in [-0.25, -0.2) is 0 Å². The van der Waals surface area contributed by atoms with Gasteiger partial charge in [-0.1, -0.05) is 38.5 Å². The highest BCUT2D eigenvalue weighted by molar-refractivity contribution is 5.76. The number of esters is 1. The minimum Gasteiger partial charge on any atom is -0.461 e. The number of carbonyl (C=O) groups excluding carboxylic acids is 1. The Balaban J connectivity index is 1.57. The van der Waals surface area contributed by atoms with E-state index < -0.39 is 0 Å². The van der Waals surface area contributed by atoms with E-state index in [1.807, 2.05) is 0 Å². The van der Waals surface area contributed by atoms with Crippen LogP contribution in [0.25, 0.3) is 0 Å². The van der Waals surface area contributed by atoms with Gasteiger partial charge in [0.2, 0.25) is 0 Å². The minimum atomic E-state index is 0.0562. The molecular weight excluding hydrogens is 310 g/mol. The first-order valence-corrected chi connectivity index (χ1v) is 10.2. The molecule has 5 atom stereocenters. The molecule has 1 unspecified atom stereocenters. The molecule has 138 valence electrons. The van der Waals surface area contributed by atoms with Crippen molar-refractivity contribution in [3.05, 3.63) is 23.3 Å². The van der Waals surface area contributed by atoms with Gasteiger partial charge in [-0.05, 0) is 50.0 Å². The lowest BCUT2D eigenvalue weighted by Crippen LogP contribution is -3.15. The maximum Gasteiger partial charge on any atom is 0.315 e. The van der Waals surface area contributed by atoms with E-state index in [9.17, 15) is 4.79 Å². The minimum absolute atomic E-state index is 0.0562. The Kier molecular flexibility index (Phi) is 4.14. The number of allylic oxidation sites excluding steroid dienone is 3. The van der Waals surface area contributed by atoms with Gasteiger partial charge in [-0.15, -0.1) is 0 Å². The van der Waals surface area contributed by atoms with Gasteiger partial charge in [-0.2, -0.15) is 0 Å². The summed E-state index contributed by atoms with van der Waals surface area (Å²) in [5, 5.41) is 0. The molecule has 0 bridgehead atoms. The Bertz CT molecular complexity index is 632. The summed E-state index contributed by atoms with van der Waals surface area (Å²) >= 11 is 0. The van der Waals surface area contributed by atoms with Crippen LogP contribution in [0.2, 0.25) is 0 Å². The predicted molar refractivity (Wildman–Crippen MR) is 99.2 cm³/mol. The SMILES string of the molecule is CC1=CCC[C@]2(C)C[C@H]3OC(=O)[C@H](C[NH+]4CCCC(C)(C)C4)[C@H]3C=C12. The normalized spacial score (nSPS) is 42.8. The molecule has 3 nitrogen and oxygen atoms in total. The van der Waals surface area contributed by atoms with Crippen molar-refractivity contribution in [3.8, 4) is 0 Å². The van der Waals surface area contributed by atoms with Crippen LogP contribution in [0, 0.1) is 22.7 Å². The highest BCUT2D eigenvalue weighted by Crippen LogP contribution is 2.52. The fraction of sp³-hybridized carbons (Fsp3) is 0.773. The fourth-order valence-corrected chi connectivity index (χ4v) is 6.02.